The summed E-state index contributed by atoms with van der Waals surface area (Å²) in [6.07, 6.45) is 4.66. The highest BCUT2D eigenvalue weighted by molar-refractivity contribution is 6.00. The van der Waals surface area contributed by atoms with Gasteiger partial charge in [-0.2, -0.15) is 0 Å². The molecule has 7 nitrogen and oxygen atoms in total. The van der Waals surface area contributed by atoms with Gasteiger partial charge in [-0.05, 0) is 35.9 Å². The van der Waals surface area contributed by atoms with Gasteiger partial charge in [0.05, 0.1) is 12.2 Å². The van der Waals surface area contributed by atoms with Gasteiger partial charge in [0.2, 0.25) is 0 Å². The second kappa shape index (κ2) is 5.91. The lowest BCUT2D eigenvalue weighted by Crippen LogP contribution is -2.26. The predicted molar refractivity (Wildman–Crippen MR) is 107 cm³/mol. The number of nitrogens with one attached hydrogen (secondary N) is 3. The first-order chi connectivity index (χ1) is 13.2. The molecular formula is C20H18N6O. The third-order valence-electron chi connectivity index (χ3n) is 4.86. The van der Waals surface area contributed by atoms with Crippen molar-refractivity contribution in [2.45, 2.75) is 6.42 Å². The van der Waals surface area contributed by atoms with E-state index in [1.54, 1.807) is 24.3 Å². The summed E-state index contributed by atoms with van der Waals surface area (Å²) in [7, 11) is 0. The number of hydrogen-bond acceptors (Lipinski definition) is 5. The third kappa shape index (κ3) is 2.69. The van der Waals surface area contributed by atoms with E-state index in [4.69, 9.17) is 5.73 Å². The van der Waals surface area contributed by atoms with Crippen molar-refractivity contribution < 1.29 is 4.79 Å². The van der Waals surface area contributed by atoms with Crippen LogP contribution in [0.3, 0.4) is 0 Å². The fourth-order valence-corrected chi connectivity index (χ4v) is 3.67. The number of benzene rings is 2. The van der Waals surface area contributed by atoms with Gasteiger partial charge in [-0.15, -0.1) is 0 Å². The summed E-state index contributed by atoms with van der Waals surface area (Å²) in [5, 5.41) is 9.04. The molecule has 0 atom stereocenters. The van der Waals surface area contributed by atoms with Gasteiger partial charge in [-0.25, -0.2) is 9.79 Å². The Morgan fingerprint density at radius 3 is 2.85 bits per heavy atom. The number of hydrogen-bond donors (Lipinski definition) is 4. The Morgan fingerprint density at radius 1 is 1.15 bits per heavy atom. The van der Waals surface area contributed by atoms with Crippen LogP contribution in [0.25, 0.3) is 5.70 Å². The second-order valence-corrected chi connectivity index (χ2v) is 6.64. The molecule has 27 heavy (non-hydrogen) atoms. The number of nitrogens with zero attached hydrogens (tertiary/aromatic N) is 2. The summed E-state index contributed by atoms with van der Waals surface area (Å²) in [6, 6.07) is 12.8. The van der Waals surface area contributed by atoms with Gasteiger partial charge in [-0.3, -0.25) is 0 Å². The molecule has 2 aliphatic heterocycles. The number of allylic oxidation sites excluding steroid dienone is 1. The largest absolute Gasteiger partial charge is 0.399 e. The van der Waals surface area contributed by atoms with Gasteiger partial charge in [0.1, 0.15) is 5.82 Å². The highest BCUT2D eigenvalue weighted by Gasteiger charge is 2.31. The molecule has 2 aromatic rings. The number of rotatable bonds is 2. The number of amides is 2. The van der Waals surface area contributed by atoms with E-state index in [-0.39, 0.29) is 6.03 Å². The molecule has 0 unspecified atom stereocenters. The zero-order valence-corrected chi connectivity index (χ0v) is 14.5. The molecule has 7 heteroatoms. The van der Waals surface area contributed by atoms with Crippen molar-refractivity contribution in [3.05, 3.63) is 71.3 Å². The topological polar surface area (TPSA) is 94.8 Å². The lowest BCUT2D eigenvalue weighted by Gasteiger charge is -2.25. The number of carbonyl (C=O) groups excluding carboxylic acids is 1. The summed E-state index contributed by atoms with van der Waals surface area (Å²) in [5.74, 6) is 0.946. The Balaban J connectivity index is 1.31. The van der Waals surface area contributed by atoms with Crippen LogP contribution in [0.5, 0.6) is 0 Å². The normalized spacial score (nSPS) is 16.3. The van der Waals surface area contributed by atoms with Crippen molar-refractivity contribution in [1.82, 2.24) is 10.2 Å². The van der Waals surface area contributed by atoms with Crippen molar-refractivity contribution >= 4 is 35.0 Å². The third-order valence-corrected chi connectivity index (χ3v) is 4.86. The Morgan fingerprint density at radius 2 is 2.00 bits per heavy atom. The quantitative estimate of drug-likeness (QED) is 0.621. The molecule has 0 aromatic heterocycles. The summed E-state index contributed by atoms with van der Waals surface area (Å²) in [5.41, 5.74) is 12.4. The minimum absolute atomic E-state index is 0.300. The minimum atomic E-state index is -0.300. The number of nitrogen functional groups attached to an aromatic ring is 1. The van der Waals surface area contributed by atoms with Gasteiger partial charge >= 0.3 is 6.03 Å². The number of aliphatic imine (C=N–C) groups is 1. The van der Waals surface area contributed by atoms with Crippen LogP contribution >= 0.6 is 0 Å². The molecule has 0 radical (unpaired) electrons. The van der Waals surface area contributed by atoms with Crippen LogP contribution in [-0.2, 0) is 6.42 Å². The van der Waals surface area contributed by atoms with Crippen LogP contribution in [0, 0.1) is 0 Å². The maximum atomic E-state index is 12.3. The summed E-state index contributed by atoms with van der Waals surface area (Å²) >= 11 is 0. The summed E-state index contributed by atoms with van der Waals surface area (Å²) < 4.78 is 0. The number of nitrogens with two attached hydrogens (primary N) is 1. The highest BCUT2D eigenvalue weighted by atomic mass is 16.2. The molecule has 3 aliphatic rings. The lowest BCUT2D eigenvalue weighted by atomic mass is 10.1. The van der Waals surface area contributed by atoms with Crippen LogP contribution in [-0.4, -0.2) is 23.7 Å². The monoisotopic (exact) mass is 358 g/mol. The van der Waals surface area contributed by atoms with Crippen molar-refractivity contribution in [2.75, 3.05) is 22.9 Å². The Hall–Kier alpha value is -3.74. The Bertz CT molecular complexity index is 1050. The van der Waals surface area contributed by atoms with Gasteiger partial charge in [-0.1, -0.05) is 12.1 Å². The fraction of sp³-hybridized carbons (Fsp3) is 0.100. The number of urea groups is 1. The first-order valence-electron chi connectivity index (χ1n) is 8.74. The molecule has 0 bridgehead atoms. The van der Waals surface area contributed by atoms with Crippen molar-refractivity contribution in [2.24, 2.45) is 4.99 Å². The molecule has 0 fully saturated rings. The Labute approximate surface area is 156 Å². The van der Waals surface area contributed by atoms with E-state index in [0.29, 0.717) is 11.4 Å². The molecule has 2 heterocycles. The van der Waals surface area contributed by atoms with Crippen LogP contribution in [0.2, 0.25) is 0 Å². The molecule has 0 saturated heterocycles. The fourth-order valence-electron chi connectivity index (χ4n) is 3.67. The Kier molecular flexibility index (Phi) is 3.39. The molecule has 2 amide bonds. The average Bonchev–Trinajstić information content (AvgIpc) is 3.25. The van der Waals surface area contributed by atoms with Crippen molar-refractivity contribution in [3.63, 3.8) is 0 Å². The minimum Gasteiger partial charge on any atom is -0.399 e. The zero-order chi connectivity index (χ0) is 18.4. The van der Waals surface area contributed by atoms with E-state index in [1.807, 2.05) is 30.6 Å². The maximum Gasteiger partial charge on any atom is 0.323 e. The SMILES string of the molecule is Nc1cccc(NC(=O)Nc2ccc3c(c2)CC2=C3NC=C3N=CCN32)c1. The van der Waals surface area contributed by atoms with Crippen molar-refractivity contribution in [1.29, 1.82) is 0 Å². The number of anilines is 3. The van der Waals surface area contributed by atoms with Crippen LogP contribution in [0.4, 0.5) is 21.9 Å². The number of carbonyl (C=O) groups is 1. The molecular weight excluding hydrogens is 340 g/mol. The highest BCUT2D eigenvalue weighted by Crippen LogP contribution is 2.38. The molecule has 5 rings (SSSR count). The second-order valence-electron chi connectivity index (χ2n) is 6.64. The van der Waals surface area contributed by atoms with Gasteiger partial charge in [0.15, 0.2) is 0 Å². The van der Waals surface area contributed by atoms with Gasteiger partial charge < -0.3 is 26.6 Å². The van der Waals surface area contributed by atoms with E-state index >= 15 is 0 Å². The van der Waals surface area contributed by atoms with Crippen LogP contribution in [0.1, 0.15) is 11.1 Å². The van der Waals surface area contributed by atoms with Crippen LogP contribution in [0.15, 0.2) is 65.2 Å². The standard InChI is InChI=1S/C20H18N6O/c21-13-2-1-3-14(10-13)24-20(27)25-15-4-5-16-12(8-15)9-17-19(16)23-11-18-22-6-7-26(17)18/h1-6,8,10-11,23H,7,9,21H2,(H2,24,25,27). The molecule has 134 valence electrons. The smallest absolute Gasteiger partial charge is 0.323 e. The predicted octanol–water partition coefficient (Wildman–Crippen LogP) is 2.93. The molecule has 0 saturated carbocycles. The first-order valence-corrected chi connectivity index (χ1v) is 8.74. The average molecular weight is 358 g/mol. The first kappa shape index (κ1) is 15.5. The summed E-state index contributed by atoms with van der Waals surface area (Å²) in [4.78, 5) is 18.9. The summed E-state index contributed by atoms with van der Waals surface area (Å²) in [6.45, 7) is 0.800. The molecule has 2 aromatic carbocycles. The van der Waals surface area contributed by atoms with E-state index in [0.717, 1.165) is 35.7 Å². The zero-order valence-electron chi connectivity index (χ0n) is 14.5. The van der Waals surface area contributed by atoms with Gasteiger partial charge in [0.25, 0.3) is 0 Å². The molecule has 0 spiro atoms. The van der Waals surface area contributed by atoms with E-state index in [1.165, 1.54) is 11.3 Å². The van der Waals surface area contributed by atoms with E-state index < -0.39 is 0 Å². The molecule has 5 N–H and O–H groups in total. The van der Waals surface area contributed by atoms with E-state index in [9.17, 15) is 4.79 Å². The van der Waals surface area contributed by atoms with Crippen molar-refractivity contribution in [3.8, 4) is 0 Å². The number of fused-ring (bicyclic) bond motifs is 4. The van der Waals surface area contributed by atoms with Crippen LogP contribution < -0.4 is 21.7 Å². The molecule has 1 aliphatic carbocycles. The van der Waals surface area contributed by atoms with Gasteiger partial charge in [0, 0.05) is 47.2 Å². The lowest BCUT2D eigenvalue weighted by molar-refractivity contribution is 0.262. The van der Waals surface area contributed by atoms with E-state index in [2.05, 4.69) is 25.8 Å². The maximum absolute atomic E-state index is 12.3.